The molecule has 0 atom stereocenters. The number of hydrogen-bond acceptors (Lipinski definition) is 5. The zero-order valence-electron chi connectivity index (χ0n) is 9.95. The molecule has 2 aromatic rings. The zero-order valence-corrected chi connectivity index (χ0v) is 10.8. The first-order valence-electron chi connectivity index (χ1n) is 5.72. The summed E-state index contributed by atoms with van der Waals surface area (Å²) in [4.78, 5) is 8.20. The van der Waals surface area contributed by atoms with E-state index in [0.717, 1.165) is 28.6 Å². The van der Waals surface area contributed by atoms with E-state index in [9.17, 15) is 0 Å². The third-order valence-corrected chi connectivity index (χ3v) is 3.23. The van der Waals surface area contributed by atoms with Gasteiger partial charge in [-0.15, -0.1) is 11.8 Å². The van der Waals surface area contributed by atoms with Crippen molar-refractivity contribution >= 4 is 17.4 Å². The van der Waals surface area contributed by atoms with Gasteiger partial charge in [0.25, 0.3) is 0 Å². The second-order valence-corrected chi connectivity index (χ2v) is 4.78. The highest BCUT2D eigenvalue weighted by molar-refractivity contribution is 7.99. The molecule has 0 fully saturated rings. The molecule has 0 radical (unpaired) electrons. The highest BCUT2D eigenvalue weighted by atomic mass is 32.2. The quantitative estimate of drug-likeness (QED) is 0.492. The maximum atomic E-state index is 5.60. The lowest BCUT2D eigenvalue weighted by molar-refractivity contribution is 0.319. The molecule has 0 saturated carbocycles. The van der Waals surface area contributed by atoms with E-state index in [1.54, 1.807) is 30.4 Å². The van der Waals surface area contributed by atoms with Crippen LogP contribution in [0.15, 0.2) is 47.9 Å². The van der Waals surface area contributed by atoms with Crippen molar-refractivity contribution < 1.29 is 4.74 Å². The average Bonchev–Trinajstić information content (AvgIpc) is 2.42. The highest BCUT2D eigenvalue weighted by Crippen LogP contribution is 2.16. The molecule has 5 heteroatoms. The summed E-state index contributed by atoms with van der Waals surface area (Å²) in [6.07, 6.45) is 6.11. The lowest BCUT2D eigenvalue weighted by Gasteiger charge is -2.05. The summed E-state index contributed by atoms with van der Waals surface area (Å²) in [6, 6.07) is 7.43. The Hall–Kier alpha value is -1.75. The molecule has 0 aliphatic carbocycles. The fourth-order valence-corrected chi connectivity index (χ4v) is 2.09. The fourth-order valence-electron chi connectivity index (χ4n) is 1.35. The number of benzene rings is 1. The van der Waals surface area contributed by atoms with Crippen LogP contribution >= 0.6 is 11.8 Å². The van der Waals surface area contributed by atoms with E-state index in [1.165, 1.54) is 0 Å². The lowest BCUT2D eigenvalue weighted by Crippen LogP contribution is -1.99. The van der Waals surface area contributed by atoms with E-state index in [2.05, 4.69) is 9.97 Å². The van der Waals surface area contributed by atoms with Crippen LogP contribution in [0.1, 0.15) is 6.42 Å². The van der Waals surface area contributed by atoms with Crippen molar-refractivity contribution in [3.8, 4) is 5.75 Å². The van der Waals surface area contributed by atoms with E-state index >= 15 is 0 Å². The fraction of sp³-hybridized carbons (Fsp3) is 0.231. The first-order valence-corrected chi connectivity index (χ1v) is 6.70. The number of nitrogens with zero attached hydrogens (tertiary/aromatic N) is 2. The number of nitrogens with two attached hydrogens (primary N) is 1. The molecular weight excluding hydrogens is 246 g/mol. The molecule has 2 N–H and O–H groups in total. The molecule has 18 heavy (non-hydrogen) atoms. The SMILES string of the molecule is Nc1ccc(OCCCSc2cnccn2)cc1. The number of aromatic nitrogens is 2. The minimum absolute atomic E-state index is 0.692. The molecule has 1 heterocycles. The number of rotatable bonds is 6. The van der Waals surface area contributed by atoms with Crippen LogP contribution in [0.5, 0.6) is 5.75 Å². The molecule has 0 saturated heterocycles. The molecule has 94 valence electrons. The van der Waals surface area contributed by atoms with Crippen molar-refractivity contribution in [2.75, 3.05) is 18.1 Å². The van der Waals surface area contributed by atoms with Crippen LogP contribution in [0.3, 0.4) is 0 Å². The molecule has 0 amide bonds. The smallest absolute Gasteiger partial charge is 0.119 e. The molecule has 2 rings (SSSR count). The summed E-state index contributed by atoms with van der Waals surface area (Å²) in [7, 11) is 0. The third kappa shape index (κ3) is 4.25. The van der Waals surface area contributed by atoms with Crippen molar-refractivity contribution in [1.82, 2.24) is 9.97 Å². The molecule has 0 spiro atoms. The minimum atomic E-state index is 0.692. The van der Waals surface area contributed by atoms with Crippen LogP contribution in [0.4, 0.5) is 5.69 Å². The van der Waals surface area contributed by atoms with Crippen molar-refractivity contribution in [3.05, 3.63) is 42.9 Å². The van der Waals surface area contributed by atoms with Crippen LogP contribution in [0.2, 0.25) is 0 Å². The van der Waals surface area contributed by atoms with Gasteiger partial charge in [-0.1, -0.05) is 0 Å². The Morgan fingerprint density at radius 3 is 2.72 bits per heavy atom. The standard InChI is InChI=1S/C13H15N3OS/c14-11-2-4-12(5-3-11)17-8-1-9-18-13-10-15-6-7-16-13/h2-7,10H,1,8-9,14H2. The second kappa shape index (κ2) is 6.86. The Labute approximate surface area is 111 Å². The number of hydrogen-bond donors (Lipinski definition) is 1. The number of anilines is 1. The minimum Gasteiger partial charge on any atom is -0.494 e. The van der Waals surface area contributed by atoms with Crippen molar-refractivity contribution in [2.45, 2.75) is 11.4 Å². The van der Waals surface area contributed by atoms with Gasteiger partial charge in [0.15, 0.2) is 0 Å². The van der Waals surface area contributed by atoms with Crippen LogP contribution in [0, 0.1) is 0 Å². The molecule has 1 aromatic heterocycles. The number of nitrogen functional groups attached to an aromatic ring is 1. The van der Waals surface area contributed by atoms with Gasteiger partial charge < -0.3 is 10.5 Å². The summed E-state index contributed by atoms with van der Waals surface area (Å²) >= 11 is 1.68. The first kappa shape index (κ1) is 12.7. The van der Waals surface area contributed by atoms with Crippen molar-refractivity contribution in [3.63, 3.8) is 0 Å². The predicted molar refractivity (Wildman–Crippen MR) is 73.7 cm³/mol. The topological polar surface area (TPSA) is 61.0 Å². The monoisotopic (exact) mass is 261 g/mol. The predicted octanol–water partition coefficient (Wildman–Crippen LogP) is 2.62. The van der Waals surface area contributed by atoms with Gasteiger partial charge in [0.05, 0.1) is 12.8 Å². The maximum Gasteiger partial charge on any atom is 0.119 e. The van der Waals surface area contributed by atoms with Gasteiger partial charge in [-0.2, -0.15) is 0 Å². The van der Waals surface area contributed by atoms with E-state index in [0.29, 0.717) is 6.61 Å². The summed E-state index contributed by atoms with van der Waals surface area (Å²) < 4.78 is 5.59. The molecule has 0 bridgehead atoms. The van der Waals surface area contributed by atoms with E-state index in [4.69, 9.17) is 10.5 Å². The first-order chi connectivity index (χ1) is 8.84. The van der Waals surface area contributed by atoms with Gasteiger partial charge in [0.1, 0.15) is 10.8 Å². The molecule has 0 aliphatic rings. The Kier molecular flexibility index (Phi) is 4.84. The van der Waals surface area contributed by atoms with Crippen LogP contribution in [-0.4, -0.2) is 22.3 Å². The van der Waals surface area contributed by atoms with Crippen molar-refractivity contribution in [1.29, 1.82) is 0 Å². The van der Waals surface area contributed by atoms with Crippen LogP contribution in [-0.2, 0) is 0 Å². The van der Waals surface area contributed by atoms with E-state index in [-0.39, 0.29) is 0 Å². The average molecular weight is 261 g/mol. The van der Waals surface area contributed by atoms with Gasteiger partial charge in [0, 0.05) is 23.8 Å². The number of ether oxygens (including phenoxy) is 1. The Morgan fingerprint density at radius 2 is 2.00 bits per heavy atom. The maximum absolute atomic E-state index is 5.60. The molecular formula is C13H15N3OS. The van der Waals surface area contributed by atoms with Gasteiger partial charge in [-0.05, 0) is 30.7 Å². The zero-order chi connectivity index (χ0) is 12.6. The summed E-state index contributed by atoms with van der Waals surface area (Å²) in [5, 5.41) is 0.949. The lowest BCUT2D eigenvalue weighted by atomic mass is 10.3. The molecule has 0 unspecified atom stereocenters. The molecule has 0 aliphatic heterocycles. The normalized spacial score (nSPS) is 10.2. The highest BCUT2D eigenvalue weighted by Gasteiger charge is 1.96. The van der Waals surface area contributed by atoms with Gasteiger partial charge in [0.2, 0.25) is 0 Å². The molecule has 4 nitrogen and oxygen atoms in total. The number of thioether (sulfide) groups is 1. The van der Waals surface area contributed by atoms with Gasteiger partial charge >= 0.3 is 0 Å². The van der Waals surface area contributed by atoms with E-state index < -0.39 is 0 Å². The Balaban J connectivity index is 1.63. The van der Waals surface area contributed by atoms with Gasteiger partial charge in [-0.25, -0.2) is 4.98 Å². The molecule has 1 aromatic carbocycles. The Morgan fingerprint density at radius 1 is 1.17 bits per heavy atom. The van der Waals surface area contributed by atoms with E-state index in [1.807, 2.05) is 24.3 Å². The Bertz CT molecular complexity index is 461. The second-order valence-electron chi connectivity index (χ2n) is 3.66. The van der Waals surface area contributed by atoms with Crippen molar-refractivity contribution in [2.24, 2.45) is 0 Å². The third-order valence-electron chi connectivity index (χ3n) is 2.23. The van der Waals surface area contributed by atoms with Gasteiger partial charge in [-0.3, -0.25) is 4.98 Å². The van der Waals surface area contributed by atoms with Crippen LogP contribution < -0.4 is 10.5 Å². The summed E-state index contributed by atoms with van der Waals surface area (Å²) in [5.41, 5.74) is 6.35. The largest absolute Gasteiger partial charge is 0.494 e. The summed E-state index contributed by atoms with van der Waals surface area (Å²) in [6.45, 7) is 0.692. The summed E-state index contributed by atoms with van der Waals surface area (Å²) in [5.74, 6) is 1.82. The van der Waals surface area contributed by atoms with Crippen LogP contribution in [0.25, 0.3) is 0 Å².